The number of pyridine rings is 1. The van der Waals surface area contributed by atoms with Gasteiger partial charge in [-0.15, -0.1) is 0 Å². The van der Waals surface area contributed by atoms with Crippen LogP contribution in [0.5, 0.6) is 0 Å². The standard InChI is InChI=1S/C21H25N5O3S/c1-4-26(5-2)30(28,29)19-8-6-17(7-9-19)21(27)23-14-16-12-18(15-22-13-16)20-10-11-24-25(20)3/h6-13,15H,4-5,14H2,1-3H3,(H,23,27). The van der Waals surface area contributed by atoms with Gasteiger partial charge in [-0.05, 0) is 42.0 Å². The third-order valence-corrected chi connectivity index (χ3v) is 6.89. The van der Waals surface area contributed by atoms with Crippen molar-refractivity contribution in [2.24, 2.45) is 7.05 Å². The Morgan fingerprint density at radius 3 is 2.40 bits per heavy atom. The molecule has 0 saturated heterocycles. The summed E-state index contributed by atoms with van der Waals surface area (Å²) >= 11 is 0. The molecule has 2 heterocycles. The maximum Gasteiger partial charge on any atom is 0.251 e. The molecule has 0 unspecified atom stereocenters. The molecule has 1 aromatic carbocycles. The number of benzene rings is 1. The first-order valence-corrected chi connectivity index (χ1v) is 11.1. The molecule has 0 bridgehead atoms. The molecule has 0 spiro atoms. The highest BCUT2D eigenvalue weighted by Gasteiger charge is 2.21. The largest absolute Gasteiger partial charge is 0.348 e. The number of carbonyl (C=O) groups is 1. The normalized spacial score (nSPS) is 11.6. The molecule has 30 heavy (non-hydrogen) atoms. The van der Waals surface area contributed by atoms with Gasteiger partial charge >= 0.3 is 0 Å². The van der Waals surface area contributed by atoms with Crippen LogP contribution in [0.3, 0.4) is 0 Å². The smallest absolute Gasteiger partial charge is 0.251 e. The van der Waals surface area contributed by atoms with E-state index in [2.05, 4.69) is 15.4 Å². The van der Waals surface area contributed by atoms with E-state index in [-0.39, 0.29) is 10.8 Å². The van der Waals surface area contributed by atoms with Crippen LogP contribution in [-0.4, -0.2) is 46.5 Å². The predicted octanol–water partition coefficient (Wildman–Crippen LogP) is 2.44. The molecule has 0 aliphatic rings. The Hall–Kier alpha value is -3.04. The van der Waals surface area contributed by atoms with Crippen molar-refractivity contribution < 1.29 is 13.2 Å². The Morgan fingerprint density at radius 2 is 1.80 bits per heavy atom. The monoisotopic (exact) mass is 427 g/mol. The van der Waals surface area contributed by atoms with Crippen LogP contribution in [0.25, 0.3) is 11.3 Å². The van der Waals surface area contributed by atoms with Crippen LogP contribution in [0.4, 0.5) is 0 Å². The van der Waals surface area contributed by atoms with E-state index < -0.39 is 10.0 Å². The Balaban J connectivity index is 1.68. The van der Waals surface area contributed by atoms with E-state index in [0.29, 0.717) is 25.2 Å². The number of carbonyl (C=O) groups excluding carboxylic acids is 1. The van der Waals surface area contributed by atoms with Gasteiger partial charge in [0.15, 0.2) is 0 Å². The lowest BCUT2D eigenvalue weighted by atomic mass is 10.1. The van der Waals surface area contributed by atoms with Crippen LogP contribution in [0.1, 0.15) is 29.8 Å². The first-order valence-electron chi connectivity index (χ1n) is 9.67. The highest BCUT2D eigenvalue weighted by atomic mass is 32.2. The van der Waals surface area contributed by atoms with Gasteiger partial charge in [0.2, 0.25) is 10.0 Å². The lowest BCUT2D eigenvalue weighted by molar-refractivity contribution is 0.0950. The number of aromatic nitrogens is 3. The Morgan fingerprint density at radius 1 is 1.10 bits per heavy atom. The van der Waals surface area contributed by atoms with Crippen molar-refractivity contribution in [3.05, 3.63) is 66.1 Å². The molecular weight excluding hydrogens is 402 g/mol. The first-order chi connectivity index (χ1) is 14.4. The number of rotatable bonds is 8. The lowest BCUT2D eigenvalue weighted by Crippen LogP contribution is -2.30. The van der Waals surface area contributed by atoms with E-state index in [9.17, 15) is 13.2 Å². The van der Waals surface area contributed by atoms with Gasteiger partial charge in [0.1, 0.15) is 0 Å². The number of sulfonamides is 1. The minimum atomic E-state index is -3.54. The summed E-state index contributed by atoms with van der Waals surface area (Å²) in [6, 6.07) is 9.82. The summed E-state index contributed by atoms with van der Waals surface area (Å²) in [5.74, 6) is -0.285. The Labute approximate surface area is 176 Å². The molecule has 2 aromatic heterocycles. The third-order valence-electron chi connectivity index (χ3n) is 4.82. The summed E-state index contributed by atoms with van der Waals surface area (Å²) in [5, 5.41) is 7.00. The fourth-order valence-corrected chi connectivity index (χ4v) is 4.61. The van der Waals surface area contributed by atoms with Gasteiger partial charge in [0.25, 0.3) is 5.91 Å². The van der Waals surface area contributed by atoms with Crippen LogP contribution in [-0.2, 0) is 23.6 Å². The topological polar surface area (TPSA) is 97.2 Å². The quantitative estimate of drug-likeness (QED) is 0.596. The van der Waals surface area contributed by atoms with Crippen molar-refractivity contribution in [1.29, 1.82) is 0 Å². The van der Waals surface area contributed by atoms with Crippen molar-refractivity contribution in [2.75, 3.05) is 13.1 Å². The number of amides is 1. The van der Waals surface area contributed by atoms with Crippen molar-refractivity contribution in [3.63, 3.8) is 0 Å². The van der Waals surface area contributed by atoms with Crippen molar-refractivity contribution in [1.82, 2.24) is 24.4 Å². The van der Waals surface area contributed by atoms with Gasteiger partial charge in [-0.3, -0.25) is 14.5 Å². The molecule has 158 valence electrons. The molecular formula is C21H25N5O3S. The second-order valence-corrected chi connectivity index (χ2v) is 8.66. The minimum absolute atomic E-state index is 0.177. The van der Waals surface area contributed by atoms with Gasteiger partial charge in [0.05, 0.1) is 10.6 Å². The summed E-state index contributed by atoms with van der Waals surface area (Å²) in [6.07, 6.45) is 5.16. The average Bonchev–Trinajstić information content (AvgIpc) is 3.19. The van der Waals surface area contributed by atoms with Crippen LogP contribution in [0.2, 0.25) is 0 Å². The molecule has 0 atom stereocenters. The van der Waals surface area contributed by atoms with E-state index >= 15 is 0 Å². The fraction of sp³-hybridized carbons (Fsp3) is 0.286. The minimum Gasteiger partial charge on any atom is -0.348 e. The molecule has 0 saturated carbocycles. The SMILES string of the molecule is CCN(CC)S(=O)(=O)c1ccc(C(=O)NCc2cncc(-c3ccnn3C)c2)cc1. The second-order valence-electron chi connectivity index (χ2n) is 6.72. The number of nitrogens with zero attached hydrogens (tertiary/aromatic N) is 4. The van der Waals surface area contributed by atoms with Gasteiger partial charge in [0, 0.05) is 56.4 Å². The van der Waals surface area contributed by atoms with E-state index in [1.807, 2.05) is 19.2 Å². The van der Waals surface area contributed by atoms with Gasteiger partial charge in [-0.25, -0.2) is 8.42 Å². The molecule has 0 aliphatic carbocycles. The maximum atomic E-state index is 12.6. The Kier molecular flexibility index (Phi) is 6.63. The highest BCUT2D eigenvalue weighted by Crippen LogP contribution is 2.19. The molecule has 1 amide bonds. The molecule has 8 nitrogen and oxygen atoms in total. The zero-order valence-corrected chi connectivity index (χ0v) is 18.1. The van der Waals surface area contributed by atoms with E-state index in [1.165, 1.54) is 28.6 Å². The summed E-state index contributed by atoms with van der Waals surface area (Å²) in [7, 11) is -1.69. The number of hydrogen-bond acceptors (Lipinski definition) is 5. The third kappa shape index (κ3) is 4.58. The highest BCUT2D eigenvalue weighted by molar-refractivity contribution is 7.89. The summed E-state index contributed by atoms with van der Waals surface area (Å²) in [5.41, 5.74) is 3.08. The van der Waals surface area contributed by atoms with Crippen molar-refractivity contribution >= 4 is 15.9 Å². The zero-order valence-electron chi connectivity index (χ0n) is 17.2. The van der Waals surface area contributed by atoms with Crippen LogP contribution in [0, 0.1) is 0 Å². The van der Waals surface area contributed by atoms with E-state index in [4.69, 9.17) is 0 Å². The van der Waals surface area contributed by atoms with Gasteiger partial charge in [-0.1, -0.05) is 13.8 Å². The molecule has 3 aromatic rings. The lowest BCUT2D eigenvalue weighted by Gasteiger charge is -2.18. The first kappa shape index (κ1) is 21.7. The molecule has 1 N–H and O–H groups in total. The molecule has 0 aliphatic heterocycles. The van der Waals surface area contributed by atoms with E-state index in [1.54, 1.807) is 37.1 Å². The number of aryl methyl sites for hydroxylation is 1. The van der Waals surface area contributed by atoms with Crippen molar-refractivity contribution in [2.45, 2.75) is 25.3 Å². The molecule has 0 radical (unpaired) electrons. The van der Waals surface area contributed by atoms with Crippen LogP contribution in [0.15, 0.2) is 59.9 Å². The Bertz CT molecular complexity index is 1120. The van der Waals surface area contributed by atoms with Crippen molar-refractivity contribution in [3.8, 4) is 11.3 Å². The second kappa shape index (κ2) is 9.19. The number of nitrogens with one attached hydrogen (secondary N) is 1. The summed E-state index contributed by atoms with van der Waals surface area (Å²) in [6.45, 7) is 4.68. The average molecular weight is 428 g/mol. The number of hydrogen-bond donors (Lipinski definition) is 1. The molecule has 0 fully saturated rings. The van der Waals surface area contributed by atoms with Gasteiger partial charge in [-0.2, -0.15) is 9.40 Å². The summed E-state index contributed by atoms with van der Waals surface area (Å²) in [4.78, 5) is 16.9. The molecule has 9 heteroatoms. The van der Waals surface area contributed by atoms with Gasteiger partial charge < -0.3 is 5.32 Å². The maximum absolute atomic E-state index is 12.6. The van der Waals surface area contributed by atoms with Crippen LogP contribution >= 0.6 is 0 Å². The fourth-order valence-electron chi connectivity index (χ4n) is 3.16. The van der Waals surface area contributed by atoms with E-state index in [0.717, 1.165) is 16.8 Å². The summed E-state index contributed by atoms with van der Waals surface area (Å²) < 4.78 is 28.2. The van der Waals surface area contributed by atoms with Crippen LogP contribution < -0.4 is 5.32 Å². The molecule has 3 rings (SSSR count). The predicted molar refractivity (Wildman–Crippen MR) is 114 cm³/mol. The zero-order chi connectivity index (χ0) is 21.7.